The van der Waals surface area contributed by atoms with E-state index in [2.05, 4.69) is 0 Å². The number of hydrogen-bond acceptors (Lipinski definition) is 4. The molecule has 0 aliphatic heterocycles. The number of halogens is 2. The summed E-state index contributed by atoms with van der Waals surface area (Å²) in [5, 5.41) is 0. The van der Waals surface area contributed by atoms with Gasteiger partial charge in [-0.2, -0.15) is 0 Å². The Bertz CT molecular complexity index is 336. The molecule has 0 rings (SSSR count). The largest absolute Gasteiger partial charge is 0.379 e. The molecular formula is C7H16Cl2O6P2. The Morgan fingerprint density at radius 1 is 1.00 bits per heavy atom. The first-order valence-corrected chi connectivity index (χ1v) is 8.65. The Kier molecular flexibility index (Phi) is 6.20. The summed E-state index contributed by atoms with van der Waals surface area (Å²) >= 11 is 11.0. The molecule has 0 aliphatic carbocycles. The molecule has 0 saturated heterocycles. The normalized spacial score (nSPS) is 14.7. The zero-order valence-electron chi connectivity index (χ0n) is 9.83. The van der Waals surface area contributed by atoms with E-state index >= 15 is 0 Å². The SMILES string of the molecule is CC(C)OP(=O)(OC(C)C)C(Cl)(Cl)P(=O)(O)O. The second kappa shape index (κ2) is 5.89. The van der Waals surface area contributed by atoms with Crippen LogP contribution < -0.4 is 0 Å². The highest BCUT2D eigenvalue weighted by molar-refractivity contribution is 7.79. The number of alkyl halides is 2. The van der Waals surface area contributed by atoms with Gasteiger partial charge in [0.2, 0.25) is 0 Å². The van der Waals surface area contributed by atoms with Gasteiger partial charge in [-0.15, -0.1) is 0 Å². The van der Waals surface area contributed by atoms with Crippen LogP contribution in [0.25, 0.3) is 0 Å². The summed E-state index contributed by atoms with van der Waals surface area (Å²) in [6.45, 7) is 6.06. The third-order valence-corrected chi connectivity index (χ3v) is 8.22. The van der Waals surface area contributed by atoms with Crippen molar-refractivity contribution in [2.45, 2.75) is 43.7 Å². The molecule has 0 amide bonds. The predicted octanol–water partition coefficient (Wildman–Crippen LogP) is 3.30. The van der Waals surface area contributed by atoms with Crippen molar-refractivity contribution in [1.29, 1.82) is 0 Å². The van der Waals surface area contributed by atoms with Gasteiger partial charge >= 0.3 is 19.0 Å². The summed E-state index contributed by atoms with van der Waals surface area (Å²) in [4.78, 5) is 18.0. The summed E-state index contributed by atoms with van der Waals surface area (Å²) in [7, 11) is -9.47. The molecule has 0 unspecified atom stereocenters. The van der Waals surface area contributed by atoms with Crippen molar-refractivity contribution in [2.75, 3.05) is 0 Å². The molecule has 6 nitrogen and oxygen atoms in total. The molecule has 0 bridgehead atoms. The average Bonchev–Trinajstić information content (AvgIpc) is 1.97. The number of rotatable bonds is 6. The molecule has 104 valence electrons. The van der Waals surface area contributed by atoms with Gasteiger partial charge < -0.3 is 18.8 Å². The lowest BCUT2D eigenvalue weighted by atomic mass is 10.5. The van der Waals surface area contributed by atoms with E-state index in [1.54, 1.807) is 0 Å². The molecule has 10 heteroatoms. The van der Waals surface area contributed by atoms with E-state index in [-0.39, 0.29) is 0 Å². The molecule has 0 heterocycles. The van der Waals surface area contributed by atoms with Crippen molar-refractivity contribution < 1.29 is 28.0 Å². The van der Waals surface area contributed by atoms with Crippen LogP contribution in [-0.4, -0.2) is 25.8 Å². The Hall–Kier alpha value is 0.880. The van der Waals surface area contributed by atoms with Gasteiger partial charge in [0.05, 0.1) is 12.2 Å². The highest BCUT2D eigenvalue weighted by Crippen LogP contribution is 2.78. The fraction of sp³-hybridized carbons (Fsp3) is 1.00. The fourth-order valence-corrected chi connectivity index (χ4v) is 4.32. The van der Waals surface area contributed by atoms with Gasteiger partial charge in [-0.1, -0.05) is 23.2 Å². The van der Waals surface area contributed by atoms with E-state index < -0.39 is 31.2 Å². The van der Waals surface area contributed by atoms with Crippen LogP contribution in [0, 0.1) is 0 Å². The Morgan fingerprint density at radius 3 is 1.47 bits per heavy atom. The molecule has 0 atom stereocenters. The van der Waals surface area contributed by atoms with Crippen molar-refractivity contribution in [1.82, 2.24) is 0 Å². The van der Waals surface area contributed by atoms with E-state index in [0.717, 1.165) is 0 Å². The fourth-order valence-electron chi connectivity index (χ4n) is 0.866. The van der Waals surface area contributed by atoms with E-state index in [9.17, 15) is 9.13 Å². The van der Waals surface area contributed by atoms with Crippen molar-refractivity contribution in [3.8, 4) is 0 Å². The maximum Gasteiger partial charge on any atom is 0.379 e. The molecule has 0 aromatic heterocycles. The van der Waals surface area contributed by atoms with Crippen molar-refractivity contribution in [2.24, 2.45) is 0 Å². The van der Waals surface area contributed by atoms with Gasteiger partial charge in [0, 0.05) is 0 Å². The van der Waals surface area contributed by atoms with Crippen LogP contribution in [0.5, 0.6) is 0 Å². The lowest BCUT2D eigenvalue weighted by Crippen LogP contribution is -2.22. The quantitative estimate of drug-likeness (QED) is 0.574. The van der Waals surface area contributed by atoms with Crippen LogP contribution in [0.1, 0.15) is 27.7 Å². The third-order valence-electron chi connectivity index (χ3n) is 1.38. The summed E-state index contributed by atoms with van der Waals surface area (Å²) in [5.41, 5.74) is 0. The predicted molar refractivity (Wildman–Crippen MR) is 66.5 cm³/mol. The molecule has 2 N–H and O–H groups in total. The monoisotopic (exact) mass is 328 g/mol. The minimum absolute atomic E-state index is 0.622. The lowest BCUT2D eigenvalue weighted by molar-refractivity contribution is 0.141. The molecular weight excluding hydrogens is 313 g/mol. The second-order valence-corrected chi connectivity index (χ2v) is 10.4. The van der Waals surface area contributed by atoms with E-state index in [1.165, 1.54) is 27.7 Å². The van der Waals surface area contributed by atoms with E-state index in [1.807, 2.05) is 0 Å². The smallest absolute Gasteiger partial charge is 0.322 e. The number of hydrogen-bond donors (Lipinski definition) is 2. The first-order valence-electron chi connectivity index (χ1n) is 4.74. The highest BCUT2D eigenvalue weighted by atomic mass is 35.5. The van der Waals surface area contributed by atoms with Crippen LogP contribution in [0.15, 0.2) is 0 Å². The second-order valence-electron chi connectivity index (χ2n) is 3.86. The van der Waals surface area contributed by atoms with E-state index in [0.29, 0.717) is 0 Å². The Balaban J connectivity index is 5.47. The van der Waals surface area contributed by atoms with Crippen LogP contribution in [0.3, 0.4) is 0 Å². The zero-order chi connectivity index (χ0) is 14.1. The van der Waals surface area contributed by atoms with Crippen LogP contribution in [0.2, 0.25) is 0 Å². The van der Waals surface area contributed by atoms with Gasteiger partial charge in [0.1, 0.15) is 0 Å². The summed E-state index contributed by atoms with van der Waals surface area (Å²) in [6.07, 6.45) is -1.24. The maximum absolute atomic E-state index is 12.3. The Morgan fingerprint density at radius 2 is 1.29 bits per heavy atom. The van der Waals surface area contributed by atoms with Gasteiger partial charge in [-0.3, -0.25) is 9.13 Å². The van der Waals surface area contributed by atoms with Crippen LogP contribution in [0.4, 0.5) is 0 Å². The summed E-state index contributed by atoms with van der Waals surface area (Å²) < 4.78 is 30.4. The highest BCUT2D eigenvalue weighted by Gasteiger charge is 2.62. The van der Waals surface area contributed by atoms with Crippen molar-refractivity contribution in [3.05, 3.63) is 0 Å². The van der Waals surface area contributed by atoms with Gasteiger partial charge in [-0.05, 0) is 27.7 Å². The molecule has 17 heavy (non-hydrogen) atoms. The zero-order valence-corrected chi connectivity index (χ0v) is 13.1. The molecule has 0 aliphatic rings. The van der Waals surface area contributed by atoms with E-state index in [4.69, 9.17) is 42.0 Å². The lowest BCUT2D eigenvalue weighted by Gasteiger charge is -2.31. The minimum atomic E-state index is -5.08. The van der Waals surface area contributed by atoms with Crippen LogP contribution in [-0.2, 0) is 18.2 Å². The summed E-state index contributed by atoms with van der Waals surface area (Å²) in [6, 6.07) is 0. The van der Waals surface area contributed by atoms with Crippen LogP contribution >= 0.6 is 38.4 Å². The third kappa shape index (κ3) is 4.48. The molecule has 0 radical (unpaired) electrons. The van der Waals surface area contributed by atoms with Gasteiger partial charge in [0.25, 0.3) is 0 Å². The molecule has 0 saturated carbocycles. The topological polar surface area (TPSA) is 93.1 Å². The van der Waals surface area contributed by atoms with Crippen molar-refractivity contribution >= 4 is 38.4 Å². The summed E-state index contributed by atoms with van der Waals surface area (Å²) in [5.74, 6) is 0. The molecule has 0 aromatic carbocycles. The average molecular weight is 329 g/mol. The first-order chi connectivity index (χ1) is 7.33. The molecule has 0 fully saturated rings. The van der Waals surface area contributed by atoms with Crippen molar-refractivity contribution in [3.63, 3.8) is 0 Å². The van der Waals surface area contributed by atoms with Gasteiger partial charge in [0.15, 0.2) is 0 Å². The Labute approximate surface area is 110 Å². The van der Waals surface area contributed by atoms with Gasteiger partial charge in [-0.25, -0.2) is 0 Å². The maximum atomic E-state index is 12.3. The minimum Gasteiger partial charge on any atom is -0.322 e. The molecule has 0 spiro atoms. The first kappa shape index (κ1) is 17.9. The standard InChI is InChI=1S/C7H16Cl2O6P2/c1-5(2)14-17(13,15-6(3)4)7(8,9)16(10,11)12/h5-6H,1-4H3,(H2,10,11,12). The molecule has 0 aromatic rings.